The summed E-state index contributed by atoms with van der Waals surface area (Å²) in [6.07, 6.45) is 0. The summed E-state index contributed by atoms with van der Waals surface area (Å²) in [5.74, 6) is 1.74. The van der Waals surface area contributed by atoms with Crippen molar-refractivity contribution < 1.29 is 26.2 Å². The number of aromatic nitrogens is 3. The van der Waals surface area contributed by atoms with E-state index in [1.807, 2.05) is 66.7 Å². The molecule has 0 spiro atoms. The van der Waals surface area contributed by atoms with E-state index in [1.54, 1.807) is 6.07 Å². The zero-order chi connectivity index (χ0) is 30.4. The number of hydrogen-bond donors (Lipinski definition) is 1. The van der Waals surface area contributed by atoms with Gasteiger partial charge >= 0.3 is 0 Å². The Morgan fingerprint density at radius 3 is 1.96 bits per heavy atom. The van der Waals surface area contributed by atoms with E-state index in [2.05, 4.69) is 80.8 Å². The standard InChI is InChI=1S/C40H34N3O.Pt/c1-25(2)31-16-10-17-32(26(3)4)39(31)43-37-21-8-7-18-36(37)42-40(43)30-15-9-14-29(22-30)34-19-11-20-35(41-34)33-23-27-12-5-6-13-28(27)24-38(33)44;/h5-21,23-26,44H,1-4H3;/q-1;. The number of nitrogens with zero attached hydrogens (tertiary/aromatic N) is 3. The number of hydrogen-bond acceptors (Lipinski definition) is 3. The topological polar surface area (TPSA) is 50.9 Å². The zero-order valence-corrected chi connectivity index (χ0v) is 28.0. The SMILES string of the molecule is CC(C)c1cccc(C(C)C)c1-n1c(-c2[c-]c(-c3cccc(-c4cc5ccccc5cc4O)n3)ccc2)nc2ccccc21.[Pt]. The Morgan fingerprint density at radius 1 is 0.622 bits per heavy atom. The second kappa shape index (κ2) is 12.5. The number of pyridine rings is 1. The molecule has 7 rings (SSSR count). The van der Waals surface area contributed by atoms with Gasteiger partial charge in [-0.2, -0.15) is 0 Å². The summed E-state index contributed by atoms with van der Waals surface area (Å²) in [6, 6.07) is 42.5. The Balaban J connectivity index is 0.00000357. The minimum Gasteiger partial charge on any atom is -0.507 e. The smallest absolute Gasteiger partial charge is 0.125 e. The Kier molecular flexibility index (Phi) is 8.44. The first-order valence-electron chi connectivity index (χ1n) is 15.2. The van der Waals surface area contributed by atoms with Gasteiger partial charge in [0.2, 0.25) is 0 Å². The molecular weight excluding hydrogens is 734 g/mol. The van der Waals surface area contributed by atoms with Gasteiger partial charge in [-0.15, -0.1) is 24.3 Å². The van der Waals surface area contributed by atoms with Crippen LogP contribution in [0, 0.1) is 6.07 Å². The van der Waals surface area contributed by atoms with Crippen LogP contribution in [0.25, 0.3) is 61.4 Å². The third-order valence-electron chi connectivity index (χ3n) is 8.33. The molecule has 5 aromatic carbocycles. The first-order chi connectivity index (χ1) is 21.4. The normalized spacial score (nSPS) is 11.4. The van der Waals surface area contributed by atoms with Crippen LogP contribution in [-0.2, 0) is 21.1 Å². The molecule has 0 aliphatic heterocycles. The fourth-order valence-electron chi connectivity index (χ4n) is 6.12. The molecule has 45 heavy (non-hydrogen) atoms. The molecular formula is C40H34N3OPt-. The number of benzene rings is 5. The van der Waals surface area contributed by atoms with Crippen molar-refractivity contribution in [2.75, 3.05) is 0 Å². The molecule has 2 aromatic heterocycles. The van der Waals surface area contributed by atoms with Crippen LogP contribution in [0.5, 0.6) is 5.75 Å². The molecule has 4 nitrogen and oxygen atoms in total. The zero-order valence-electron chi connectivity index (χ0n) is 25.7. The van der Waals surface area contributed by atoms with Crippen LogP contribution in [0.2, 0.25) is 0 Å². The Bertz CT molecular complexity index is 2140. The summed E-state index contributed by atoms with van der Waals surface area (Å²) in [7, 11) is 0. The molecule has 0 amide bonds. The number of phenolic OH excluding ortho intramolecular Hbond substituents is 1. The summed E-state index contributed by atoms with van der Waals surface area (Å²) >= 11 is 0. The molecule has 0 aliphatic rings. The van der Waals surface area contributed by atoms with Gasteiger partial charge in [-0.05, 0) is 64.1 Å². The molecule has 0 saturated carbocycles. The van der Waals surface area contributed by atoms with Crippen LogP contribution in [0.15, 0.2) is 115 Å². The van der Waals surface area contributed by atoms with Crippen molar-refractivity contribution in [3.8, 4) is 45.3 Å². The molecule has 0 atom stereocenters. The van der Waals surface area contributed by atoms with Crippen molar-refractivity contribution in [3.05, 3.63) is 132 Å². The van der Waals surface area contributed by atoms with Crippen molar-refractivity contribution >= 4 is 21.8 Å². The number of para-hydroxylation sites is 3. The minimum atomic E-state index is 0. The summed E-state index contributed by atoms with van der Waals surface area (Å²) in [4.78, 5) is 10.2. The molecule has 0 radical (unpaired) electrons. The third-order valence-corrected chi connectivity index (χ3v) is 8.33. The van der Waals surface area contributed by atoms with Crippen molar-refractivity contribution in [1.82, 2.24) is 14.5 Å². The molecule has 0 bridgehead atoms. The van der Waals surface area contributed by atoms with E-state index in [9.17, 15) is 5.11 Å². The molecule has 5 heteroatoms. The summed E-state index contributed by atoms with van der Waals surface area (Å²) in [5.41, 5.74) is 9.76. The van der Waals surface area contributed by atoms with E-state index in [-0.39, 0.29) is 26.8 Å². The van der Waals surface area contributed by atoms with Crippen molar-refractivity contribution in [2.45, 2.75) is 39.5 Å². The third kappa shape index (κ3) is 5.60. The van der Waals surface area contributed by atoms with Gasteiger partial charge in [-0.1, -0.05) is 106 Å². The van der Waals surface area contributed by atoms with Gasteiger partial charge in [0.1, 0.15) is 5.75 Å². The van der Waals surface area contributed by atoms with E-state index in [4.69, 9.17) is 9.97 Å². The van der Waals surface area contributed by atoms with Crippen molar-refractivity contribution in [3.63, 3.8) is 0 Å². The molecule has 1 N–H and O–H groups in total. The van der Waals surface area contributed by atoms with Gasteiger partial charge in [-0.3, -0.25) is 9.97 Å². The monoisotopic (exact) mass is 767 g/mol. The number of imidazole rings is 1. The molecule has 2 heterocycles. The molecule has 0 fully saturated rings. The second-order valence-corrected chi connectivity index (χ2v) is 12.0. The van der Waals surface area contributed by atoms with Crippen LogP contribution >= 0.6 is 0 Å². The number of fused-ring (bicyclic) bond motifs is 2. The number of phenols is 1. The van der Waals surface area contributed by atoms with E-state index in [0.29, 0.717) is 23.1 Å². The largest absolute Gasteiger partial charge is 0.507 e. The molecule has 0 saturated heterocycles. The van der Waals surface area contributed by atoms with Crippen LogP contribution in [0.1, 0.15) is 50.7 Å². The Labute approximate surface area is 278 Å². The van der Waals surface area contributed by atoms with Gasteiger partial charge < -0.3 is 9.67 Å². The van der Waals surface area contributed by atoms with E-state index in [0.717, 1.165) is 44.5 Å². The fraction of sp³-hybridized carbons (Fsp3) is 0.150. The summed E-state index contributed by atoms with van der Waals surface area (Å²) in [6.45, 7) is 9.00. The summed E-state index contributed by atoms with van der Waals surface area (Å²) < 4.78 is 2.33. The van der Waals surface area contributed by atoms with Crippen molar-refractivity contribution in [2.24, 2.45) is 0 Å². The molecule has 7 aromatic rings. The average molecular weight is 768 g/mol. The quantitative estimate of drug-likeness (QED) is 0.172. The van der Waals surface area contributed by atoms with E-state index in [1.165, 1.54) is 16.8 Å². The predicted octanol–water partition coefficient (Wildman–Crippen LogP) is 10.3. The van der Waals surface area contributed by atoms with Gasteiger partial charge in [0.15, 0.2) is 0 Å². The van der Waals surface area contributed by atoms with Crippen LogP contribution < -0.4 is 0 Å². The molecule has 0 aliphatic carbocycles. The van der Waals surface area contributed by atoms with Crippen LogP contribution in [0.3, 0.4) is 0 Å². The van der Waals surface area contributed by atoms with Gasteiger partial charge in [0.05, 0.1) is 22.6 Å². The van der Waals surface area contributed by atoms with Crippen molar-refractivity contribution in [1.29, 1.82) is 0 Å². The second-order valence-electron chi connectivity index (χ2n) is 12.0. The van der Waals surface area contributed by atoms with Gasteiger partial charge in [0.25, 0.3) is 0 Å². The average Bonchev–Trinajstić information content (AvgIpc) is 3.43. The summed E-state index contributed by atoms with van der Waals surface area (Å²) in [5, 5.41) is 12.9. The fourth-order valence-corrected chi connectivity index (χ4v) is 6.12. The molecule has 0 unspecified atom stereocenters. The maximum absolute atomic E-state index is 10.9. The van der Waals surface area contributed by atoms with Crippen LogP contribution in [0.4, 0.5) is 0 Å². The number of aromatic hydroxyl groups is 1. The van der Waals surface area contributed by atoms with E-state index >= 15 is 0 Å². The Morgan fingerprint density at radius 2 is 1.22 bits per heavy atom. The molecule has 226 valence electrons. The van der Waals surface area contributed by atoms with Gasteiger partial charge in [0, 0.05) is 38.0 Å². The van der Waals surface area contributed by atoms with E-state index < -0.39 is 0 Å². The Hall–Kier alpha value is -4.53. The predicted molar refractivity (Wildman–Crippen MR) is 181 cm³/mol. The first kappa shape index (κ1) is 30.5. The minimum absolute atomic E-state index is 0. The maximum atomic E-state index is 10.9. The first-order valence-corrected chi connectivity index (χ1v) is 15.2. The number of rotatable bonds is 6. The maximum Gasteiger partial charge on any atom is 0.125 e. The van der Waals surface area contributed by atoms with Gasteiger partial charge in [-0.25, -0.2) is 0 Å². The van der Waals surface area contributed by atoms with Crippen LogP contribution in [-0.4, -0.2) is 19.6 Å².